The number of rotatable bonds is 5. The van der Waals surface area contributed by atoms with Gasteiger partial charge in [-0.1, -0.05) is 0 Å². The molecule has 0 bridgehead atoms. The Kier molecular flexibility index (Phi) is 4.11. The second kappa shape index (κ2) is 5.79. The molecule has 0 fully saturated rings. The number of nitrogens with one attached hydrogen (secondary N) is 1. The smallest absolute Gasteiger partial charge is 0.163 e. The molecule has 100 valence electrons. The lowest BCUT2D eigenvalue weighted by Gasteiger charge is -2.22. The Labute approximate surface area is 106 Å². The lowest BCUT2D eigenvalue weighted by atomic mass is 10.2. The van der Waals surface area contributed by atoms with Gasteiger partial charge in [0.05, 0.1) is 30.6 Å². The first-order valence-corrected chi connectivity index (χ1v) is 5.80. The maximum atomic E-state index is 9.21. The summed E-state index contributed by atoms with van der Waals surface area (Å²) in [4.78, 5) is 0. The molecular weight excluding hydrogens is 236 g/mol. The number of ether oxygens (including phenoxy) is 3. The normalized spacial score (nSPS) is 15.2. The van der Waals surface area contributed by atoms with Crippen LogP contribution in [0.15, 0.2) is 12.1 Å². The number of anilines is 2. The molecule has 0 radical (unpaired) electrons. The molecule has 0 saturated carbocycles. The molecule has 1 atom stereocenters. The molecule has 0 aromatic heterocycles. The van der Waals surface area contributed by atoms with Gasteiger partial charge in [0.25, 0.3) is 0 Å². The number of nitrogen functional groups attached to an aromatic ring is 1. The molecule has 0 spiro atoms. The van der Waals surface area contributed by atoms with E-state index in [2.05, 4.69) is 5.32 Å². The summed E-state index contributed by atoms with van der Waals surface area (Å²) in [5.74, 6) is 1.31. The van der Waals surface area contributed by atoms with Crippen molar-refractivity contribution in [2.45, 2.75) is 6.04 Å². The van der Waals surface area contributed by atoms with Gasteiger partial charge in [-0.2, -0.15) is 0 Å². The Bertz CT molecular complexity index is 411. The molecule has 2 rings (SSSR count). The molecule has 6 nitrogen and oxygen atoms in total. The quantitative estimate of drug-likeness (QED) is 0.662. The van der Waals surface area contributed by atoms with Gasteiger partial charge in [-0.3, -0.25) is 0 Å². The number of benzene rings is 1. The van der Waals surface area contributed by atoms with Gasteiger partial charge < -0.3 is 30.4 Å². The van der Waals surface area contributed by atoms with Crippen molar-refractivity contribution in [1.29, 1.82) is 0 Å². The van der Waals surface area contributed by atoms with Crippen LogP contribution in [0.4, 0.5) is 11.4 Å². The van der Waals surface area contributed by atoms with Crippen LogP contribution in [0.3, 0.4) is 0 Å². The second-order valence-corrected chi connectivity index (χ2v) is 4.06. The minimum Gasteiger partial charge on any atom is -0.486 e. The summed E-state index contributed by atoms with van der Waals surface area (Å²) >= 11 is 0. The predicted molar refractivity (Wildman–Crippen MR) is 68.2 cm³/mol. The lowest BCUT2D eigenvalue weighted by Crippen LogP contribution is -2.29. The van der Waals surface area contributed by atoms with Crippen molar-refractivity contribution in [3.05, 3.63) is 12.1 Å². The molecule has 1 unspecified atom stereocenters. The van der Waals surface area contributed by atoms with E-state index < -0.39 is 0 Å². The molecule has 0 aliphatic carbocycles. The van der Waals surface area contributed by atoms with Crippen LogP contribution in [0.1, 0.15) is 0 Å². The van der Waals surface area contributed by atoms with Gasteiger partial charge in [-0.05, 0) is 0 Å². The van der Waals surface area contributed by atoms with Crippen molar-refractivity contribution in [3.63, 3.8) is 0 Å². The Morgan fingerprint density at radius 1 is 1.39 bits per heavy atom. The monoisotopic (exact) mass is 254 g/mol. The standard InChI is InChI=1S/C12H18N2O4/c1-16-7-8(6-15)14-10-5-12-11(4-9(10)13)17-2-3-18-12/h4-5,8,14-15H,2-3,6-7,13H2,1H3. The van der Waals surface area contributed by atoms with Crippen molar-refractivity contribution in [3.8, 4) is 11.5 Å². The topological polar surface area (TPSA) is 86.0 Å². The van der Waals surface area contributed by atoms with Crippen molar-refractivity contribution in [2.75, 3.05) is 44.6 Å². The van der Waals surface area contributed by atoms with Crippen LogP contribution < -0.4 is 20.5 Å². The maximum absolute atomic E-state index is 9.21. The second-order valence-electron chi connectivity index (χ2n) is 4.06. The van der Waals surface area contributed by atoms with Gasteiger partial charge in [-0.25, -0.2) is 0 Å². The highest BCUT2D eigenvalue weighted by atomic mass is 16.6. The Morgan fingerprint density at radius 3 is 2.67 bits per heavy atom. The fourth-order valence-electron chi connectivity index (χ4n) is 1.79. The van der Waals surface area contributed by atoms with Crippen molar-refractivity contribution >= 4 is 11.4 Å². The first-order chi connectivity index (χ1) is 8.74. The van der Waals surface area contributed by atoms with Crippen LogP contribution >= 0.6 is 0 Å². The third-order valence-electron chi connectivity index (χ3n) is 2.66. The van der Waals surface area contributed by atoms with Gasteiger partial charge in [0.2, 0.25) is 0 Å². The van der Waals surface area contributed by atoms with Crippen LogP contribution in [0.2, 0.25) is 0 Å². The van der Waals surface area contributed by atoms with Gasteiger partial charge in [0, 0.05) is 19.2 Å². The number of hydrogen-bond acceptors (Lipinski definition) is 6. The van der Waals surface area contributed by atoms with Gasteiger partial charge >= 0.3 is 0 Å². The summed E-state index contributed by atoms with van der Waals surface area (Å²) in [6, 6.07) is 3.29. The maximum Gasteiger partial charge on any atom is 0.163 e. The average molecular weight is 254 g/mol. The number of fused-ring (bicyclic) bond motifs is 1. The number of hydrogen-bond donors (Lipinski definition) is 3. The first-order valence-electron chi connectivity index (χ1n) is 5.80. The van der Waals surface area contributed by atoms with Gasteiger partial charge in [0.15, 0.2) is 11.5 Å². The molecule has 18 heavy (non-hydrogen) atoms. The summed E-state index contributed by atoms with van der Waals surface area (Å²) in [5, 5.41) is 12.3. The molecule has 1 aliphatic heterocycles. The third-order valence-corrected chi connectivity index (χ3v) is 2.66. The Morgan fingerprint density at radius 2 is 2.06 bits per heavy atom. The SMILES string of the molecule is COCC(CO)Nc1cc2c(cc1N)OCCO2. The summed E-state index contributed by atoms with van der Waals surface area (Å²) in [6.45, 7) is 1.41. The average Bonchev–Trinajstić information content (AvgIpc) is 2.39. The van der Waals surface area contributed by atoms with E-state index in [1.165, 1.54) is 0 Å². The summed E-state index contributed by atoms with van der Waals surface area (Å²) < 4.78 is 15.9. The number of nitrogens with two attached hydrogens (primary N) is 1. The van der Waals surface area contributed by atoms with Crippen LogP contribution in [0.5, 0.6) is 11.5 Å². The minimum atomic E-state index is -0.208. The number of methoxy groups -OCH3 is 1. The minimum absolute atomic E-state index is 0.0400. The molecule has 1 aliphatic rings. The van der Waals surface area contributed by atoms with E-state index in [0.717, 1.165) is 0 Å². The van der Waals surface area contributed by atoms with Crippen LogP contribution in [-0.4, -0.2) is 44.7 Å². The highest BCUT2D eigenvalue weighted by molar-refractivity contribution is 5.72. The first kappa shape index (κ1) is 12.8. The van der Waals surface area contributed by atoms with E-state index in [9.17, 15) is 5.11 Å². The number of aliphatic hydroxyl groups is 1. The molecule has 1 heterocycles. The molecule has 4 N–H and O–H groups in total. The number of aliphatic hydroxyl groups excluding tert-OH is 1. The van der Waals surface area contributed by atoms with E-state index in [4.69, 9.17) is 19.9 Å². The molecule has 1 aromatic carbocycles. The molecule has 6 heteroatoms. The molecule has 0 amide bonds. The van der Waals surface area contributed by atoms with Crippen LogP contribution in [0, 0.1) is 0 Å². The summed E-state index contributed by atoms with van der Waals surface area (Å²) in [7, 11) is 1.58. The van der Waals surface area contributed by atoms with Crippen LogP contribution in [-0.2, 0) is 4.74 Å². The fourth-order valence-corrected chi connectivity index (χ4v) is 1.79. The molecule has 1 aromatic rings. The van der Waals surface area contributed by atoms with E-state index in [1.807, 2.05) is 0 Å². The fraction of sp³-hybridized carbons (Fsp3) is 0.500. The zero-order valence-corrected chi connectivity index (χ0v) is 10.3. The zero-order valence-electron chi connectivity index (χ0n) is 10.3. The van der Waals surface area contributed by atoms with Gasteiger partial charge in [0.1, 0.15) is 13.2 Å². The van der Waals surface area contributed by atoms with Crippen molar-refractivity contribution in [1.82, 2.24) is 0 Å². The van der Waals surface area contributed by atoms with E-state index in [-0.39, 0.29) is 12.6 Å². The van der Waals surface area contributed by atoms with Crippen molar-refractivity contribution in [2.24, 2.45) is 0 Å². The highest BCUT2D eigenvalue weighted by Crippen LogP contribution is 2.37. The highest BCUT2D eigenvalue weighted by Gasteiger charge is 2.16. The van der Waals surface area contributed by atoms with E-state index >= 15 is 0 Å². The Balaban J connectivity index is 2.17. The largest absolute Gasteiger partial charge is 0.486 e. The van der Waals surface area contributed by atoms with Crippen LogP contribution in [0.25, 0.3) is 0 Å². The zero-order chi connectivity index (χ0) is 13.0. The third kappa shape index (κ3) is 2.77. The Hall–Kier alpha value is -1.66. The lowest BCUT2D eigenvalue weighted by molar-refractivity contribution is 0.153. The van der Waals surface area contributed by atoms with E-state index in [0.29, 0.717) is 42.7 Å². The predicted octanol–water partition coefficient (Wildman–Crippen LogP) is 0.459. The molecular formula is C12H18N2O4. The summed E-state index contributed by atoms with van der Waals surface area (Å²) in [5.41, 5.74) is 7.18. The molecule has 0 saturated heterocycles. The summed E-state index contributed by atoms with van der Waals surface area (Å²) in [6.07, 6.45) is 0. The van der Waals surface area contributed by atoms with E-state index in [1.54, 1.807) is 19.2 Å². The van der Waals surface area contributed by atoms with Crippen molar-refractivity contribution < 1.29 is 19.3 Å². The van der Waals surface area contributed by atoms with Gasteiger partial charge in [-0.15, -0.1) is 0 Å².